The van der Waals surface area contributed by atoms with Crippen LogP contribution in [0.2, 0.25) is 0 Å². The summed E-state index contributed by atoms with van der Waals surface area (Å²) in [7, 11) is 0. The molecule has 2 aliphatic heterocycles. The van der Waals surface area contributed by atoms with Gasteiger partial charge in [-0.15, -0.1) is 0 Å². The van der Waals surface area contributed by atoms with E-state index in [9.17, 15) is 31.1 Å². The maximum absolute atomic E-state index is 12.3. The third kappa shape index (κ3) is 9.85. The van der Waals surface area contributed by atoms with Crippen LogP contribution in [0, 0.1) is 5.92 Å². The lowest BCUT2D eigenvalue weighted by molar-refractivity contribution is -0.193. The smallest absolute Gasteiger partial charge is 0.475 e. The molecular formula is C23H27F6N5O5. The van der Waals surface area contributed by atoms with Gasteiger partial charge in [0.1, 0.15) is 0 Å². The summed E-state index contributed by atoms with van der Waals surface area (Å²) in [6, 6.07) is 6.70. The van der Waals surface area contributed by atoms with Crippen LogP contribution in [-0.4, -0.2) is 90.1 Å². The summed E-state index contributed by atoms with van der Waals surface area (Å²) in [6.07, 6.45) is -0.501. The molecule has 0 aromatic carbocycles. The second-order valence-electron chi connectivity index (χ2n) is 8.86. The lowest BCUT2D eigenvalue weighted by atomic mass is 9.92. The molecule has 4 heterocycles. The maximum Gasteiger partial charge on any atom is 0.490 e. The average Bonchev–Trinajstić information content (AvgIpc) is 3.46. The van der Waals surface area contributed by atoms with E-state index >= 15 is 0 Å². The Labute approximate surface area is 218 Å². The number of carboxylic acid groups (broad SMARTS) is 2. The van der Waals surface area contributed by atoms with Crippen molar-refractivity contribution >= 4 is 17.8 Å². The highest BCUT2D eigenvalue weighted by molar-refractivity contribution is 5.74. The van der Waals surface area contributed by atoms with Gasteiger partial charge in [-0.3, -0.25) is 19.4 Å². The summed E-state index contributed by atoms with van der Waals surface area (Å²) in [6.45, 7) is 5.54. The third-order valence-electron chi connectivity index (χ3n) is 6.04. The minimum Gasteiger partial charge on any atom is -0.475 e. The molecule has 1 amide bonds. The number of carbonyl (C=O) groups is 3. The van der Waals surface area contributed by atoms with Crippen LogP contribution in [0.5, 0.6) is 0 Å². The van der Waals surface area contributed by atoms with E-state index in [1.807, 2.05) is 35.4 Å². The first kappa shape index (κ1) is 31.5. The number of aromatic nitrogens is 3. The fourth-order valence-electron chi connectivity index (χ4n) is 4.60. The number of piperidine rings is 1. The number of alkyl halides is 6. The Kier molecular flexibility index (Phi) is 10.8. The monoisotopic (exact) mass is 567 g/mol. The molecule has 216 valence electrons. The number of carbonyl (C=O) groups excluding carboxylic acids is 1. The molecule has 0 bridgehead atoms. The van der Waals surface area contributed by atoms with E-state index in [2.05, 4.69) is 25.9 Å². The van der Waals surface area contributed by atoms with E-state index in [0.29, 0.717) is 12.0 Å². The molecule has 0 radical (unpaired) electrons. The summed E-state index contributed by atoms with van der Waals surface area (Å²) < 4.78 is 65.4. The number of likely N-dealkylation sites (tertiary alicyclic amines) is 2. The van der Waals surface area contributed by atoms with E-state index in [0.717, 1.165) is 39.0 Å². The predicted octanol–water partition coefficient (Wildman–Crippen LogP) is 3.06. The van der Waals surface area contributed by atoms with E-state index in [-0.39, 0.29) is 11.9 Å². The van der Waals surface area contributed by atoms with E-state index in [1.54, 1.807) is 13.1 Å². The quantitative estimate of drug-likeness (QED) is 0.540. The number of hydrogen-bond acceptors (Lipinski definition) is 6. The first-order valence-corrected chi connectivity index (χ1v) is 11.6. The molecule has 3 atom stereocenters. The standard InChI is InChI=1S/C19H25N5O.2C2HF3O2/c1-15(25)24-18(14-23-8-3-7-21-23)10-17-13-22(9-5-19(17)24)12-16-4-2-6-20-11-16;2*3-2(4,5)1(6)7/h2-4,6-8,11,17-19H,5,9-10,12-14H2,1H3;2*(H,6,7)/t17-,18+,19+;;/m1../s1. The number of nitrogens with zero attached hydrogens (tertiary/aromatic N) is 5. The lowest BCUT2D eigenvalue weighted by Crippen LogP contribution is -2.48. The highest BCUT2D eigenvalue weighted by atomic mass is 19.4. The van der Waals surface area contributed by atoms with Crippen molar-refractivity contribution in [2.45, 2.75) is 57.3 Å². The number of aliphatic carboxylic acids is 2. The SMILES string of the molecule is CC(=O)N1[C@H](Cn2cccn2)C[C@@H]2CN(Cc3cccnc3)CC[C@@H]21.O=C(O)C(F)(F)F.O=C(O)C(F)(F)F. The summed E-state index contributed by atoms with van der Waals surface area (Å²) in [5, 5.41) is 18.6. The Bertz CT molecular complexity index is 1060. The van der Waals surface area contributed by atoms with Crippen LogP contribution >= 0.6 is 0 Å². The minimum absolute atomic E-state index is 0.199. The number of carboxylic acids is 2. The molecule has 2 aromatic heterocycles. The minimum atomic E-state index is -5.08. The van der Waals surface area contributed by atoms with Gasteiger partial charge in [0.15, 0.2) is 0 Å². The number of halogens is 6. The Morgan fingerprint density at radius 2 is 1.64 bits per heavy atom. The molecule has 0 aliphatic carbocycles. The molecule has 10 nitrogen and oxygen atoms in total. The van der Waals surface area contributed by atoms with Crippen molar-refractivity contribution in [3.63, 3.8) is 0 Å². The first-order chi connectivity index (χ1) is 18.1. The van der Waals surface area contributed by atoms with Gasteiger partial charge in [0.2, 0.25) is 5.91 Å². The van der Waals surface area contributed by atoms with Crippen LogP contribution in [0.1, 0.15) is 25.3 Å². The van der Waals surface area contributed by atoms with Crippen molar-refractivity contribution < 1.29 is 50.9 Å². The fraction of sp³-hybridized carbons (Fsp3) is 0.522. The van der Waals surface area contributed by atoms with Gasteiger partial charge in [-0.2, -0.15) is 31.4 Å². The molecule has 2 aliphatic rings. The molecule has 16 heteroatoms. The normalized spacial score (nSPS) is 21.1. The molecule has 2 saturated heterocycles. The number of hydrogen-bond donors (Lipinski definition) is 2. The van der Waals surface area contributed by atoms with Gasteiger partial charge in [0.25, 0.3) is 0 Å². The molecule has 2 N–H and O–H groups in total. The Hall–Kier alpha value is -3.69. The zero-order valence-electron chi connectivity index (χ0n) is 20.6. The number of amides is 1. The van der Waals surface area contributed by atoms with Crippen LogP contribution in [0.15, 0.2) is 43.0 Å². The first-order valence-electron chi connectivity index (χ1n) is 11.6. The maximum atomic E-state index is 12.3. The highest BCUT2D eigenvalue weighted by Gasteiger charge is 2.45. The van der Waals surface area contributed by atoms with Crippen LogP contribution in [-0.2, 0) is 27.5 Å². The summed E-state index contributed by atoms with van der Waals surface area (Å²) in [4.78, 5) is 38.9. The van der Waals surface area contributed by atoms with Crippen molar-refractivity contribution in [2.24, 2.45) is 5.92 Å². The second kappa shape index (κ2) is 13.4. The predicted molar refractivity (Wildman–Crippen MR) is 122 cm³/mol. The summed E-state index contributed by atoms with van der Waals surface area (Å²) in [5.41, 5.74) is 1.26. The Balaban J connectivity index is 0.000000317. The van der Waals surface area contributed by atoms with Gasteiger partial charge < -0.3 is 15.1 Å². The van der Waals surface area contributed by atoms with Gasteiger partial charge in [-0.1, -0.05) is 6.07 Å². The highest BCUT2D eigenvalue weighted by Crippen LogP contribution is 2.36. The van der Waals surface area contributed by atoms with Crippen molar-refractivity contribution in [3.8, 4) is 0 Å². The molecule has 2 aromatic rings. The van der Waals surface area contributed by atoms with Gasteiger partial charge in [-0.05, 0) is 36.5 Å². The average molecular weight is 567 g/mol. The van der Waals surface area contributed by atoms with E-state index in [4.69, 9.17) is 19.8 Å². The molecule has 4 rings (SSSR count). The number of pyridine rings is 1. The Morgan fingerprint density at radius 1 is 1.03 bits per heavy atom. The van der Waals surface area contributed by atoms with Gasteiger partial charge in [0.05, 0.1) is 12.6 Å². The van der Waals surface area contributed by atoms with Crippen LogP contribution in [0.4, 0.5) is 26.3 Å². The van der Waals surface area contributed by atoms with E-state index < -0.39 is 24.3 Å². The van der Waals surface area contributed by atoms with Crippen molar-refractivity contribution in [3.05, 3.63) is 48.5 Å². The van der Waals surface area contributed by atoms with Gasteiger partial charge >= 0.3 is 24.3 Å². The zero-order valence-corrected chi connectivity index (χ0v) is 20.6. The third-order valence-corrected chi connectivity index (χ3v) is 6.04. The van der Waals surface area contributed by atoms with Crippen molar-refractivity contribution in [1.82, 2.24) is 24.6 Å². The second-order valence-corrected chi connectivity index (χ2v) is 8.86. The van der Waals surface area contributed by atoms with Crippen LogP contribution in [0.25, 0.3) is 0 Å². The number of rotatable bonds is 4. The largest absolute Gasteiger partial charge is 0.490 e. The molecule has 0 unspecified atom stereocenters. The molecule has 0 saturated carbocycles. The van der Waals surface area contributed by atoms with Crippen LogP contribution in [0.3, 0.4) is 0 Å². The topological polar surface area (TPSA) is 129 Å². The molecule has 2 fully saturated rings. The molecular weight excluding hydrogens is 540 g/mol. The number of fused-ring (bicyclic) bond motifs is 1. The molecule has 0 spiro atoms. The summed E-state index contributed by atoms with van der Waals surface area (Å²) in [5.74, 6) is -4.76. The Morgan fingerprint density at radius 3 is 2.10 bits per heavy atom. The lowest BCUT2D eigenvalue weighted by Gasteiger charge is -2.38. The van der Waals surface area contributed by atoms with Gasteiger partial charge in [-0.25, -0.2) is 9.59 Å². The van der Waals surface area contributed by atoms with E-state index in [1.165, 1.54) is 5.56 Å². The van der Waals surface area contributed by atoms with Gasteiger partial charge in [0, 0.05) is 57.4 Å². The zero-order chi connectivity index (χ0) is 29.4. The molecule has 39 heavy (non-hydrogen) atoms. The fourth-order valence-corrected chi connectivity index (χ4v) is 4.60. The summed E-state index contributed by atoms with van der Waals surface area (Å²) >= 11 is 0. The van der Waals surface area contributed by atoms with Crippen LogP contribution < -0.4 is 0 Å². The van der Waals surface area contributed by atoms with Crippen molar-refractivity contribution in [1.29, 1.82) is 0 Å². The van der Waals surface area contributed by atoms with Crippen molar-refractivity contribution in [2.75, 3.05) is 13.1 Å².